The standard InChI is InChI=1S/C12H10.Ag/c1-3-7-11(8-4-1)12-9-5-2-6-10-12;/h1-10H;. The van der Waals surface area contributed by atoms with Crippen molar-refractivity contribution in [1.29, 1.82) is 0 Å². The van der Waals surface area contributed by atoms with E-state index in [2.05, 4.69) is 48.5 Å². The Kier molecular flexibility index (Phi) is 3.97. The van der Waals surface area contributed by atoms with Gasteiger partial charge in [-0.25, -0.2) is 0 Å². The van der Waals surface area contributed by atoms with Gasteiger partial charge in [0.05, 0.1) is 0 Å². The molecule has 0 unspecified atom stereocenters. The van der Waals surface area contributed by atoms with Gasteiger partial charge in [0.1, 0.15) is 0 Å². The first-order chi connectivity index (χ1) is 5.97. The van der Waals surface area contributed by atoms with Crippen molar-refractivity contribution in [3.63, 3.8) is 0 Å². The van der Waals surface area contributed by atoms with Crippen LogP contribution in [0, 0.1) is 0 Å². The zero-order valence-electron chi connectivity index (χ0n) is 7.08. The molecule has 13 heavy (non-hydrogen) atoms. The largest absolute Gasteiger partial charge is 0.0622 e. The van der Waals surface area contributed by atoms with Crippen molar-refractivity contribution in [2.24, 2.45) is 0 Å². The fourth-order valence-corrected chi connectivity index (χ4v) is 1.26. The van der Waals surface area contributed by atoms with Crippen molar-refractivity contribution >= 4 is 0 Å². The van der Waals surface area contributed by atoms with Crippen LogP contribution in [0.25, 0.3) is 11.1 Å². The summed E-state index contributed by atoms with van der Waals surface area (Å²) in [4.78, 5) is 0. The number of benzene rings is 2. The smallest absolute Gasteiger partial charge is 0 e. The predicted molar refractivity (Wildman–Crippen MR) is 51.9 cm³/mol. The average molecular weight is 262 g/mol. The molecule has 0 heterocycles. The van der Waals surface area contributed by atoms with Gasteiger partial charge in [-0.05, 0) is 11.1 Å². The molecule has 0 bridgehead atoms. The van der Waals surface area contributed by atoms with Crippen LogP contribution in [0.15, 0.2) is 60.7 Å². The molecular weight excluding hydrogens is 252 g/mol. The fraction of sp³-hybridized carbons (Fsp3) is 0. The minimum Gasteiger partial charge on any atom is -0.0622 e. The van der Waals surface area contributed by atoms with Crippen LogP contribution >= 0.6 is 0 Å². The Hall–Kier alpha value is -0.820. The van der Waals surface area contributed by atoms with Gasteiger partial charge in [0.15, 0.2) is 0 Å². The van der Waals surface area contributed by atoms with Crippen molar-refractivity contribution in [2.45, 2.75) is 0 Å². The monoisotopic (exact) mass is 261 g/mol. The molecule has 0 spiro atoms. The quantitative estimate of drug-likeness (QED) is 0.691. The van der Waals surface area contributed by atoms with E-state index in [1.165, 1.54) is 11.1 Å². The maximum absolute atomic E-state index is 2.12. The summed E-state index contributed by atoms with van der Waals surface area (Å²) >= 11 is 0. The molecule has 0 aromatic heterocycles. The minimum absolute atomic E-state index is 0. The Morgan fingerprint density at radius 2 is 0.769 bits per heavy atom. The minimum atomic E-state index is 0. The zero-order valence-corrected chi connectivity index (χ0v) is 8.56. The van der Waals surface area contributed by atoms with Crippen LogP contribution in [0.3, 0.4) is 0 Å². The molecule has 0 saturated heterocycles. The van der Waals surface area contributed by atoms with Gasteiger partial charge < -0.3 is 0 Å². The van der Waals surface area contributed by atoms with Crippen LogP contribution < -0.4 is 0 Å². The summed E-state index contributed by atoms with van der Waals surface area (Å²) in [6.45, 7) is 0. The third kappa shape index (κ3) is 2.56. The molecule has 0 N–H and O–H groups in total. The van der Waals surface area contributed by atoms with E-state index in [0.717, 1.165) is 0 Å². The van der Waals surface area contributed by atoms with Crippen LogP contribution in [0.2, 0.25) is 0 Å². The molecule has 1 radical (unpaired) electrons. The molecule has 2 aromatic rings. The van der Waals surface area contributed by atoms with Gasteiger partial charge >= 0.3 is 0 Å². The van der Waals surface area contributed by atoms with E-state index in [1.54, 1.807) is 0 Å². The van der Waals surface area contributed by atoms with E-state index < -0.39 is 0 Å². The van der Waals surface area contributed by atoms with Crippen LogP contribution in [-0.2, 0) is 22.4 Å². The molecule has 69 valence electrons. The normalized spacial score (nSPS) is 8.92. The van der Waals surface area contributed by atoms with E-state index in [0.29, 0.717) is 0 Å². The first kappa shape index (κ1) is 10.3. The van der Waals surface area contributed by atoms with E-state index >= 15 is 0 Å². The van der Waals surface area contributed by atoms with E-state index in [9.17, 15) is 0 Å². The molecule has 0 nitrogen and oxygen atoms in total. The van der Waals surface area contributed by atoms with E-state index in [1.807, 2.05) is 12.1 Å². The Bertz CT molecular complexity index is 303. The topological polar surface area (TPSA) is 0 Å². The summed E-state index contributed by atoms with van der Waals surface area (Å²) in [5, 5.41) is 0. The molecule has 2 aromatic carbocycles. The van der Waals surface area contributed by atoms with Gasteiger partial charge in [0.2, 0.25) is 0 Å². The fourth-order valence-electron chi connectivity index (χ4n) is 1.26. The number of rotatable bonds is 1. The average Bonchev–Trinajstić information content (AvgIpc) is 2.21. The van der Waals surface area contributed by atoms with Crippen molar-refractivity contribution in [1.82, 2.24) is 0 Å². The Morgan fingerprint density at radius 3 is 1.08 bits per heavy atom. The first-order valence-corrected chi connectivity index (χ1v) is 4.07. The molecule has 0 atom stereocenters. The van der Waals surface area contributed by atoms with Gasteiger partial charge in [-0.2, -0.15) is 0 Å². The summed E-state index contributed by atoms with van der Waals surface area (Å²) in [5.74, 6) is 0. The van der Waals surface area contributed by atoms with Crippen molar-refractivity contribution in [3.05, 3.63) is 60.7 Å². The molecule has 0 aliphatic carbocycles. The number of hydrogen-bond donors (Lipinski definition) is 0. The van der Waals surface area contributed by atoms with Crippen LogP contribution in [0.4, 0.5) is 0 Å². The van der Waals surface area contributed by atoms with Crippen LogP contribution in [-0.4, -0.2) is 0 Å². The second kappa shape index (κ2) is 5.03. The molecule has 2 rings (SSSR count). The van der Waals surface area contributed by atoms with Gasteiger partial charge in [-0.1, -0.05) is 60.7 Å². The summed E-state index contributed by atoms with van der Waals surface area (Å²) in [7, 11) is 0. The SMILES string of the molecule is [Ag].c1ccc(-c2ccccc2)cc1. The molecular formula is C12H10Ag. The Balaban J connectivity index is 0.000000845. The molecule has 0 fully saturated rings. The summed E-state index contributed by atoms with van der Waals surface area (Å²) in [5.41, 5.74) is 2.55. The van der Waals surface area contributed by atoms with Gasteiger partial charge in [0.25, 0.3) is 0 Å². The summed E-state index contributed by atoms with van der Waals surface area (Å²) < 4.78 is 0. The molecule has 0 saturated carbocycles. The van der Waals surface area contributed by atoms with Gasteiger partial charge in [-0.15, -0.1) is 0 Å². The second-order valence-corrected chi connectivity index (χ2v) is 2.73. The van der Waals surface area contributed by atoms with E-state index in [4.69, 9.17) is 0 Å². The van der Waals surface area contributed by atoms with Crippen LogP contribution in [0.1, 0.15) is 0 Å². The molecule has 0 aliphatic heterocycles. The summed E-state index contributed by atoms with van der Waals surface area (Å²) in [6.07, 6.45) is 0. The van der Waals surface area contributed by atoms with E-state index in [-0.39, 0.29) is 22.4 Å². The third-order valence-electron chi connectivity index (χ3n) is 1.88. The van der Waals surface area contributed by atoms with Gasteiger partial charge in [0, 0.05) is 22.4 Å². The Morgan fingerprint density at radius 1 is 0.462 bits per heavy atom. The van der Waals surface area contributed by atoms with Crippen molar-refractivity contribution in [3.8, 4) is 11.1 Å². The zero-order chi connectivity index (χ0) is 8.23. The first-order valence-electron chi connectivity index (χ1n) is 4.07. The second-order valence-electron chi connectivity index (χ2n) is 2.73. The third-order valence-corrected chi connectivity index (χ3v) is 1.88. The Labute approximate surface area is 94.1 Å². The van der Waals surface area contributed by atoms with Gasteiger partial charge in [-0.3, -0.25) is 0 Å². The van der Waals surface area contributed by atoms with Crippen molar-refractivity contribution < 1.29 is 22.4 Å². The van der Waals surface area contributed by atoms with Crippen LogP contribution in [0.5, 0.6) is 0 Å². The molecule has 1 heteroatoms. The summed E-state index contributed by atoms with van der Waals surface area (Å²) in [6, 6.07) is 20.8. The maximum atomic E-state index is 2.12. The number of hydrogen-bond acceptors (Lipinski definition) is 0. The predicted octanol–water partition coefficient (Wildman–Crippen LogP) is 3.35. The van der Waals surface area contributed by atoms with Crippen molar-refractivity contribution in [2.75, 3.05) is 0 Å². The molecule has 0 aliphatic rings. The molecule has 0 amide bonds. The maximum Gasteiger partial charge on any atom is 0 e.